The number of carbonyl (C=O) groups excluding carboxylic acids is 3. The summed E-state index contributed by atoms with van der Waals surface area (Å²) in [5, 5.41) is 16.7. The molecule has 0 heterocycles. The maximum atomic E-state index is 9.44. The Kier molecular flexibility index (Phi) is 51.4. The molecule has 72 valence electrons. The molecule has 14 heavy (non-hydrogen) atoms. The molecule has 0 saturated heterocycles. The Morgan fingerprint density at radius 3 is 0.714 bits per heavy atom. The summed E-state index contributed by atoms with van der Waals surface area (Å²) in [5.74, 6) is 0.333. The molecule has 0 atom stereocenters. The van der Waals surface area contributed by atoms with Crippen molar-refractivity contribution in [2.75, 3.05) is 0 Å². The summed E-state index contributed by atoms with van der Waals surface area (Å²) in [5.41, 5.74) is 0. The molecule has 0 radical (unpaired) electrons. The molecule has 0 amide bonds. The SMILES string of the molecule is CC(C)=O.CC(C)=O.O=C([O-])[O-].[K+].[K+]. The average molecular weight is 254 g/mol. The van der Waals surface area contributed by atoms with Gasteiger partial charge < -0.3 is 24.6 Å². The van der Waals surface area contributed by atoms with Crippen molar-refractivity contribution in [2.24, 2.45) is 0 Å². The zero-order valence-corrected chi connectivity index (χ0v) is 15.8. The molecule has 5 nitrogen and oxygen atoms in total. The molecule has 0 fully saturated rings. The predicted molar refractivity (Wildman–Crippen MR) is 38.1 cm³/mol. The van der Waals surface area contributed by atoms with Crippen molar-refractivity contribution < 1.29 is 127 Å². The second-order valence-electron chi connectivity index (χ2n) is 2.07. The number of carbonyl (C=O) groups is 3. The second-order valence-corrected chi connectivity index (χ2v) is 2.07. The molecule has 7 heteroatoms. The van der Waals surface area contributed by atoms with E-state index in [-0.39, 0.29) is 114 Å². The van der Waals surface area contributed by atoms with E-state index in [0.29, 0.717) is 0 Å². The Bertz CT molecular complexity index is 118. The molecule has 0 aliphatic heterocycles. The summed E-state index contributed by atoms with van der Waals surface area (Å²) in [6.07, 6.45) is -2.33. The van der Waals surface area contributed by atoms with E-state index >= 15 is 0 Å². The van der Waals surface area contributed by atoms with E-state index in [1.807, 2.05) is 0 Å². The Hall–Kier alpha value is 1.88. The molecule has 0 aromatic rings. The number of Topliss-reactive ketones (excluding diaryl/α,β-unsaturated/α-hetero) is 2. The number of hydrogen-bond acceptors (Lipinski definition) is 5. The van der Waals surface area contributed by atoms with E-state index in [1.54, 1.807) is 0 Å². The van der Waals surface area contributed by atoms with Crippen LogP contribution in [0.25, 0.3) is 0 Å². The Morgan fingerprint density at radius 2 is 0.714 bits per heavy atom. The van der Waals surface area contributed by atoms with Crippen LogP contribution in [0.1, 0.15) is 27.7 Å². The van der Waals surface area contributed by atoms with Gasteiger partial charge in [0.05, 0.1) is 0 Å². The van der Waals surface area contributed by atoms with Crippen molar-refractivity contribution in [3.05, 3.63) is 0 Å². The zero-order valence-electron chi connectivity index (χ0n) is 9.54. The van der Waals surface area contributed by atoms with Crippen LogP contribution >= 0.6 is 0 Å². The normalized spacial score (nSPS) is 5.43. The molecule has 0 unspecified atom stereocenters. The summed E-state index contributed by atoms with van der Waals surface area (Å²) >= 11 is 0. The minimum Gasteiger partial charge on any atom is -0.652 e. The van der Waals surface area contributed by atoms with Gasteiger partial charge in [-0.15, -0.1) is 0 Å². The summed E-state index contributed by atoms with van der Waals surface area (Å²) < 4.78 is 0. The Labute approximate surface area is 169 Å². The van der Waals surface area contributed by atoms with Gasteiger partial charge in [0.1, 0.15) is 11.6 Å². The Balaban J connectivity index is -0.0000000270. The van der Waals surface area contributed by atoms with Crippen LogP contribution in [-0.4, -0.2) is 17.7 Å². The van der Waals surface area contributed by atoms with Crippen LogP contribution in [0.2, 0.25) is 0 Å². The molecule has 0 spiro atoms. The zero-order chi connectivity index (χ0) is 10.7. The van der Waals surface area contributed by atoms with Crippen LogP contribution in [0.3, 0.4) is 0 Å². The standard InChI is InChI=1S/2C3H6O.CH2O3.2K/c2*1-3(2)4;2-1(3)4;;/h2*1-2H3;(H2,2,3,4);;/q;;;2*+1/p-2. The van der Waals surface area contributed by atoms with Crippen molar-refractivity contribution in [3.63, 3.8) is 0 Å². The molecule has 0 N–H and O–H groups in total. The van der Waals surface area contributed by atoms with Crippen LogP contribution in [-0.2, 0) is 9.59 Å². The quantitative estimate of drug-likeness (QED) is 0.400. The van der Waals surface area contributed by atoms with Gasteiger partial charge in [0.25, 0.3) is 0 Å². The van der Waals surface area contributed by atoms with Gasteiger partial charge in [0, 0.05) is 0 Å². The molecule has 0 aromatic heterocycles. The number of rotatable bonds is 0. The van der Waals surface area contributed by atoms with Crippen LogP contribution < -0.4 is 113 Å². The van der Waals surface area contributed by atoms with E-state index in [1.165, 1.54) is 27.7 Å². The third kappa shape index (κ3) is 650. The third-order valence-electron chi connectivity index (χ3n) is 0. The minimum atomic E-state index is -2.33. The van der Waals surface area contributed by atoms with Gasteiger partial charge >= 0.3 is 103 Å². The molecule has 0 aromatic carbocycles. The van der Waals surface area contributed by atoms with Gasteiger partial charge in [-0.1, -0.05) is 0 Å². The molecule has 0 aliphatic rings. The van der Waals surface area contributed by atoms with Crippen molar-refractivity contribution in [3.8, 4) is 0 Å². The first-order valence-corrected chi connectivity index (χ1v) is 3.02. The monoisotopic (exact) mass is 254 g/mol. The summed E-state index contributed by atoms with van der Waals surface area (Å²) in [6, 6.07) is 0. The molecule has 0 saturated carbocycles. The smallest absolute Gasteiger partial charge is 0.652 e. The van der Waals surface area contributed by atoms with Gasteiger partial charge in [-0.25, -0.2) is 0 Å². The number of hydrogen-bond donors (Lipinski definition) is 0. The van der Waals surface area contributed by atoms with Crippen molar-refractivity contribution in [1.29, 1.82) is 0 Å². The van der Waals surface area contributed by atoms with E-state index in [4.69, 9.17) is 15.0 Å². The fraction of sp³-hybridized carbons (Fsp3) is 0.571. The summed E-state index contributed by atoms with van der Waals surface area (Å²) in [6.45, 7) is 6.11. The molecule has 0 aliphatic carbocycles. The van der Waals surface area contributed by atoms with E-state index < -0.39 is 6.16 Å². The van der Waals surface area contributed by atoms with Gasteiger partial charge in [-0.2, -0.15) is 0 Å². The molecular formula is C7H12K2O5. The van der Waals surface area contributed by atoms with Crippen molar-refractivity contribution in [1.82, 2.24) is 0 Å². The third-order valence-corrected chi connectivity index (χ3v) is 0. The molecular weight excluding hydrogens is 242 g/mol. The van der Waals surface area contributed by atoms with Crippen LogP contribution in [0.4, 0.5) is 4.79 Å². The summed E-state index contributed by atoms with van der Waals surface area (Å²) in [7, 11) is 0. The van der Waals surface area contributed by atoms with Gasteiger partial charge in [0.15, 0.2) is 0 Å². The van der Waals surface area contributed by atoms with Crippen LogP contribution in [0.5, 0.6) is 0 Å². The van der Waals surface area contributed by atoms with Crippen LogP contribution in [0.15, 0.2) is 0 Å². The average Bonchev–Trinajstić information content (AvgIpc) is 1.54. The Morgan fingerprint density at radius 1 is 0.714 bits per heavy atom. The van der Waals surface area contributed by atoms with Crippen molar-refractivity contribution >= 4 is 17.7 Å². The first kappa shape index (κ1) is 29.7. The van der Waals surface area contributed by atoms with Crippen molar-refractivity contribution in [2.45, 2.75) is 27.7 Å². The maximum Gasteiger partial charge on any atom is 1.00 e. The number of carboxylic acid groups (broad SMARTS) is 2. The van der Waals surface area contributed by atoms with E-state index in [9.17, 15) is 9.59 Å². The first-order valence-electron chi connectivity index (χ1n) is 3.02. The second kappa shape index (κ2) is 24.2. The predicted octanol–water partition coefficient (Wildman–Crippen LogP) is -7.25. The fourth-order valence-corrected chi connectivity index (χ4v) is 0. The topological polar surface area (TPSA) is 97.3 Å². The largest absolute Gasteiger partial charge is 1.00 e. The van der Waals surface area contributed by atoms with Gasteiger partial charge in [-0.05, 0) is 33.9 Å². The summed E-state index contributed by atoms with van der Waals surface area (Å²) in [4.78, 5) is 27.2. The molecule has 0 rings (SSSR count). The fourth-order valence-electron chi connectivity index (χ4n) is 0. The van der Waals surface area contributed by atoms with E-state index in [0.717, 1.165) is 0 Å². The number of ketones is 2. The minimum absolute atomic E-state index is 0. The van der Waals surface area contributed by atoms with Gasteiger partial charge in [0.2, 0.25) is 0 Å². The molecule has 0 bridgehead atoms. The first-order chi connectivity index (χ1) is 5.20. The van der Waals surface area contributed by atoms with E-state index in [2.05, 4.69) is 0 Å². The van der Waals surface area contributed by atoms with Crippen LogP contribution in [0, 0.1) is 0 Å². The van der Waals surface area contributed by atoms with Gasteiger partial charge in [-0.3, -0.25) is 0 Å². The maximum absolute atomic E-state index is 9.44.